The first-order chi connectivity index (χ1) is 12.2. The molecule has 1 aliphatic carbocycles. The number of hydrogen-bond donors (Lipinski definition) is 1. The standard InChI is InChI=1S/C17H21N3O3S2/c1-2-23-14(22)7-4-8-18-13(21)9-24-16-15-11-5-3-6-12(11)25-17(15)20-10-19-16/h10H,2-9H2,1H3,(H,18,21). The number of aryl methyl sites for hydroxylation is 2. The minimum absolute atomic E-state index is 0.0486. The lowest BCUT2D eigenvalue weighted by Gasteiger charge is -2.06. The van der Waals surface area contributed by atoms with Gasteiger partial charge in [0.05, 0.1) is 12.4 Å². The topological polar surface area (TPSA) is 81.2 Å². The molecule has 0 fully saturated rings. The molecule has 0 radical (unpaired) electrons. The zero-order valence-corrected chi connectivity index (χ0v) is 15.8. The number of amides is 1. The molecule has 0 aliphatic heterocycles. The molecule has 134 valence electrons. The van der Waals surface area contributed by atoms with Gasteiger partial charge in [-0.15, -0.1) is 11.3 Å². The van der Waals surface area contributed by atoms with E-state index in [0.717, 1.165) is 28.1 Å². The van der Waals surface area contributed by atoms with E-state index in [1.54, 1.807) is 24.6 Å². The van der Waals surface area contributed by atoms with Gasteiger partial charge in [0.2, 0.25) is 5.91 Å². The highest BCUT2D eigenvalue weighted by Crippen LogP contribution is 2.39. The molecule has 8 heteroatoms. The number of rotatable bonds is 8. The summed E-state index contributed by atoms with van der Waals surface area (Å²) in [4.78, 5) is 34.4. The molecular formula is C17H21N3O3S2. The van der Waals surface area contributed by atoms with Crippen molar-refractivity contribution in [2.45, 2.75) is 44.1 Å². The van der Waals surface area contributed by atoms with Crippen LogP contribution in [0, 0.1) is 0 Å². The summed E-state index contributed by atoms with van der Waals surface area (Å²) in [5, 5.41) is 4.87. The highest BCUT2D eigenvalue weighted by molar-refractivity contribution is 8.00. The number of fused-ring (bicyclic) bond motifs is 3. The molecule has 0 aromatic carbocycles. The van der Waals surface area contributed by atoms with Crippen LogP contribution in [0.4, 0.5) is 0 Å². The van der Waals surface area contributed by atoms with E-state index < -0.39 is 0 Å². The lowest BCUT2D eigenvalue weighted by Crippen LogP contribution is -2.26. The van der Waals surface area contributed by atoms with E-state index in [9.17, 15) is 9.59 Å². The van der Waals surface area contributed by atoms with Crippen molar-refractivity contribution < 1.29 is 14.3 Å². The Bertz CT molecular complexity index is 776. The number of carbonyl (C=O) groups is 2. The van der Waals surface area contributed by atoms with Crippen LogP contribution in [-0.4, -0.2) is 40.7 Å². The van der Waals surface area contributed by atoms with Crippen molar-refractivity contribution in [2.75, 3.05) is 18.9 Å². The van der Waals surface area contributed by atoms with Gasteiger partial charge in [-0.05, 0) is 38.2 Å². The van der Waals surface area contributed by atoms with Crippen molar-refractivity contribution in [1.82, 2.24) is 15.3 Å². The van der Waals surface area contributed by atoms with Gasteiger partial charge in [-0.2, -0.15) is 0 Å². The number of aromatic nitrogens is 2. The van der Waals surface area contributed by atoms with E-state index in [1.807, 2.05) is 0 Å². The molecule has 0 unspecified atom stereocenters. The van der Waals surface area contributed by atoms with Crippen LogP contribution < -0.4 is 5.32 Å². The predicted octanol–water partition coefficient (Wildman–Crippen LogP) is 2.73. The molecule has 25 heavy (non-hydrogen) atoms. The first kappa shape index (κ1) is 18.1. The minimum Gasteiger partial charge on any atom is -0.466 e. The predicted molar refractivity (Wildman–Crippen MR) is 99.0 cm³/mol. The van der Waals surface area contributed by atoms with Gasteiger partial charge >= 0.3 is 5.97 Å². The Hall–Kier alpha value is -1.67. The van der Waals surface area contributed by atoms with E-state index >= 15 is 0 Å². The maximum Gasteiger partial charge on any atom is 0.305 e. The van der Waals surface area contributed by atoms with E-state index in [1.165, 1.54) is 28.6 Å². The van der Waals surface area contributed by atoms with Gasteiger partial charge in [0.15, 0.2) is 0 Å². The van der Waals surface area contributed by atoms with Crippen LogP contribution >= 0.6 is 23.1 Å². The summed E-state index contributed by atoms with van der Waals surface area (Å²) < 4.78 is 4.86. The SMILES string of the molecule is CCOC(=O)CCCNC(=O)CSc1ncnc2sc3c(c12)CCC3. The Morgan fingerprint density at radius 1 is 1.36 bits per heavy atom. The normalized spacial score (nSPS) is 13.0. The summed E-state index contributed by atoms with van der Waals surface area (Å²) in [5.41, 5.74) is 1.37. The fraction of sp³-hybridized carbons (Fsp3) is 0.529. The summed E-state index contributed by atoms with van der Waals surface area (Å²) in [6.45, 7) is 2.65. The molecule has 0 atom stereocenters. The summed E-state index contributed by atoms with van der Waals surface area (Å²) in [7, 11) is 0. The number of esters is 1. The van der Waals surface area contributed by atoms with Crippen molar-refractivity contribution in [1.29, 1.82) is 0 Å². The molecule has 0 bridgehead atoms. The van der Waals surface area contributed by atoms with Crippen LogP contribution in [-0.2, 0) is 27.2 Å². The van der Waals surface area contributed by atoms with Gasteiger partial charge in [0.25, 0.3) is 0 Å². The van der Waals surface area contributed by atoms with Crippen LogP contribution in [0.3, 0.4) is 0 Å². The Morgan fingerprint density at radius 2 is 2.24 bits per heavy atom. The Balaban J connectivity index is 1.50. The molecular weight excluding hydrogens is 358 g/mol. The number of nitrogens with one attached hydrogen (secondary N) is 1. The van der Waals surface area contributed by atoms with Crippen molar-refractivity contribution in [3.8, 4) is 0 Å². The monoisotopic (exact) mass is 379 g/mol. The number of thioether (sulfide) groups is 1. The molecule has 0 saturated heterocycles. The second-order valence-corrected chi connectivity index (χ2v) is 7.81. The third-order valence-corrected chi connectivity index (χ3v) is 6.18. The van der Waals surface area contributed by atoms with Gasteiger partial charge in [-0.1, -0.05) is 11.8 Å². The minimum atomic E-state index is -0.221. The largest absolute Gasteiger partial charge is 0.466 e. The summed E-state index contributed by atoms with van der Waals surface area (Å²) in [6.07, 6.45) is 5.89. The first-order valence-corrected chi connectivity index (χ1v) is 10.3. The quantitative estimate of drug-likeness (QED) is 0.329. The van der Waals surface area contributed by atoms with Gasteiger partial charge in [0.1, 0.15) is 16.2 Å². The number of hydrogen-bond acceptors (Lipinski definition) is 7. The van der Waals surface area contributed by atoms with Crippen LogP contribution in [0.15, 0.2) is 11.4 Å². The van der Waals surface area contributed by atoms with Gasteiger partial charge in [0, 0.05) is 23.2 Å². The molecule has 0 spiro atoms. The molecule has 1 amide bonds. The van der Waals surface area contributed by atoms with E-state index in [2.05, 4.69) is 15.3 Å². The molecule has 2 aromatic heterocycles. The number of ether oxygens (including phenoxy) is 1. The third kappa shape index (κ3) is 4.49. The highest BCUT2D eigenvalue weighted by atomic mass is 32.2. The second-order valence-electron chi connectivity index (χ2n) is 5.76. The molecule has 0 saturated carbocycles. The van der Waals surface area contributed by atoms with Gasteiger partial charge in [-0.3, -0.25) is 9.59 Å². The fourth-order valence-corrected chi connectivity index (χ4v) is 5.04. The zero-order valence-electron chi connectivity index (χ0n) is 14.2. The molecule has 2 aromatic rings. The zero-order chi connectivity index (χ0) is 17.6. The highest BCUT2D eigenvalue weighted by Gasteiger charge is 2.21. The number of nitrogens with zero attached hydrogens (tertiary/aromatic N) is 2. The molecule has 2 heterocycles. The Morgan fingerprint density at radius 3 is 3.08 bits per heavy atom. The number of carbonyl (C=O) groups excluding carboxylic acids is 2. The lowest BCUT2D eigenvalue weighted by molar-refractivity contribution is -0.143. The van der Waals surface area contributed by atoms with E-state index in [4.69, 9.17) is 4.74 Å². The first-order valence-electron chi connectivity index (χ1n) is 8.49. The lowest BCUT2D eigenvalue weighted by atomic mass is 10.2. The smallest absolute Gasteiger partial charge is 0.305 e. The van der Waals surface area contributed by atoms with E-state index in [0.29, 0.717) is 31.7 Å². The molecule has 1 N–H and O–H groups in total. The van der Waals surface area contributed by atoms with Crippen LogP contribution in [0.25, 0.3) is 10.2 Å². The van der Waals surface area contributed by atoms with Crippen LogP contribution in [0.5, 0.6) is 0 Å². The van der Waals surface area contributed by atoms with Crippen molar-refractivity contribution >= 4 is 45.2 Å². The van der Waals surface area contributed by atoms with E-state index in [-0.39, 0.29) is 11.9 Å². The summed E-state index contributed by atoms with van der Waals surface area (Å²) >= 11 is 3.20. The fourth-order valence-electron chi connectivity index (χ4n) is 2.89. The molecule has 1 aliphatic rings. The summed E-state index contributed by atoms with van der Waals surface area (Å²) in [6, 6.07) is 0. The van der Waals surface area contributed by atoms with Crippen molar-refractivity contribution in [2.24, 2.45) is 0 Å². The Kier molecular flexibility index (Phi) is 6.25. The average Bonchev–Trinajstić information content (AvgIpc) is 3.18. The summed E-state index contributed by atoms with van der Waals surface area (Å²) in [5.74, 6) is 0.0455. The second kappa shape index (κ2) is 8.62. The van der Waals surface area contributed by atoms with Gasteiger partial charge in [-0.25, -0.2) is 9.97 Å². The van der Waals surface area contributed by atoms with Crippen LogP contribution in [0.1, 0.15) is 36.6 Å². The van der Waals surface area contributed by atoms with Crippen molar-refractivity contribution in [3.63, 3.8) is 0 Å². The number of thiophene rings is 1. The maximum absolute atomic E-state index is 12.0. The third-order valence-electron chi connectivity index (χ3n) is 3.99. The average molecular weight is 380 g/mol. The Labute approximate surface area is 154 Å². The van der Waals surface area contributed by atoms with Crippen molar-refractivity contribution in [3.05, 3.63) is 16.8 Å². The van der Waals surface area contributed by atoms with Gasteiger partial charge < -0.3 is 10.1 Å². The maximum atomic E-state index is 12.0. The molecule has 6 nitrogen and oxygen atoms in total. The molecule has 3 rings (SSSR count). The van der Waals surface area contributed by atoms with Crippen LogP contribution in [0.2, 0.25) is 0 Å².